The highest BCUT2D eigenvalue weighted by Gasteiger charge is 2.49. The number of nitrogens with one attached hydrogen (secondary N) is 1. The van der Waals surface area contributed by atoms with E-state index in [0.717, 1.165) is 0 Å². The molecule has 0 aromatic heterocycles. The van der Waals surface area contributed by atoms with Crippen LogP contribution in [0.25, 0.3) is 0 Å². The number of nitrogens with zero attached hydrogens (tertiary/aromatic N) is 1. The lowest BCUT2D eigenvalue weighted by Crippen LogP contribution is -2.40. The van der Waals surface area contributed by atoms with Gasteiger partial charge in [-0.05, 0) is 24.6 Å². The van der Waals surface area contributed by atoms with Gasteiger partial charge >= 0.3 is 6.03 Å². The lowest BCUT2D eigenvalue weighted by Gasteiger charge is -2.22. The van der Waals surface area contributed by atoms with Crippen molar-refractivity contribution in [2.75, 3.05) is 0 Å². The van der Waals surface area contributed by atoms with Crippen molar-refractivity contribution in [3.63, 3.8) is 0 Å². The standard InChI is InChI=1S/C17H10ClF5N2O2/c1-17(7-2-4-8(18)5-3-7)15(26)25(16(27)24-17)6-9-10(19)12(21)14(23)13(22)11(9)20/h2-5H,6H2,1H3,(H,24,27). The van der Waals surface area contributed by atoms with Crippen molar-refractivity contribution in [2.45, 2.75) is 19.0 Å². The molecule has 1 fully saturated rings. The van der Waals surface area contributed by atoms with Crippen molar-refractivity contribution in [1.82, 2.24) is 10.2 Å². The lowest BCUT2D eigenvalue weighted by molar-refractivity contribution is -0.131. The summed E-state index contributed by atoms with van der Waals surface area (Å²) in [6.07, 6.45) is 0. The number of imide groups is 1. The summed E-state index contributed by atoms with van der Waals surface area (Å²) in [5, 5.41) is 2.73. The summed E-state index contributed by atoms with van der Waals surface area (Å²) in [5.41, 5.74) is -2.55. The Morgan fingerprint density at radius 1 is 0.926 bits per heavy atom. The molecule has 1 heterocycles. The third kappa shape index (κ3) is 2.91. The van der Waals surface area contributed by atoms with Gasteiger partial charge in [-0.2, -0.15) is 0 Å². The molecular weight excluding hydrogens is 395 g/mol. The van der Waals surface area contributed by atoms with Crippen LogP contribution >= 0.6 is 11.6 Å². The highest BCUT2D eigenvalue weighted by Crippen LogP contribution is 2.32. The van der Waals surface area contributed by atoms with Crippen LogP contribution in [-0.2, 0) is 16.9 Å². The van der Waals surface area contributed by atoms with E-state index in [1.807, 2.05) is 0 Å². The van der Waals surface area contributed by atoms with Gasteiger partial charge in [0.05, 0.1) is 6.54 Å². The predicted molar refractivity (Wildman–Crippen MR) is 84.1 cm³/mol. The third-order valence-corrected chi connectivity index (χ3v) is 4.57. The van der Waals surface area contributed by atoms with E-state index >= 15 is 0 Å². The minimum atomic E-state index is -2.32. The average molecular weight is 405 g/mol. The highest BCUT2D eigenvalue weighted by atomic mass is 35.5. The lowest BCUT2D eigenvalue weighted by atomic mass is 9.92. The molecule has 1 unspecified atom stereocenters. The van der Waals surface area contributed by atoms with Gasteiger partial charge < -0.3 is 5.32 Å². The van der Waals surface area contributed by atoms with Gasteiger partial charge in [0.1, 0.15) is 5.54 Å². The van der Waals surface area contributed by atoms with Crippen LogP contribution in [0.15, 0.2) is 24.3 Å². The fraction of sp³-hybridized carbons (Fsp3) is 0.176. The molecule has 1 aliphatic rings. The zero-order valence-electron chi connectivity index (χ0n) is 13.5. The smallest absolute Gasteiger partial charge is 0.319 e. The summed E-state index contributed by atoms with van der Waals surface area (Å²) in [4.78, 5) is 25.2. The van der Waals surface area contributed by atoms with Gasteiger partial charge in [-0.15, -0.1) is 0 Å². The van der Waals surface area contributed by atoms with E-state index in [1.165, 1.54) is 31.2 Å². The topological polar surface area (TPSA) is 49.4 Å². The maximum atomic E-state index is 13.9. The molecule has 1 atom stereocenters. The van der Waals surface area contributed by atoms with E-state index in [2.05, 4.69) is 5.32 Å². The van der Waals surface area contributed by atoms with Crippen LogP contribution in [0.2, 0.25) is 5.02 Å². The minimum absolute atomic E-state index is 0.324. The fourth-order valence-electron chi connectivity index (χ4n) is 2.77. The number of carbonyl (C=O) groups excluding carboxylic acids is 2. The van der Waals surface area contributed by atoms with Gasteiger partial charge in [-0.25, -0.2) is 26.7 Å². The van der Waals surface area contributed by atoms with Gasteiger partial charge in [0.15, 0.2) is 23.3 Å². The number of amides is 3. The number of hydrogen-bond donors (Lipinski definition) is 1. The van der Waals surface area contributed by atoms with E-state index < -0.39 is 58.7 Å². The van der Waals surface area contributed by atoms with Crippen molar-refractivity contribution in [3.8, 4) is 0 Å². The molecule has 27 heavy (non-hydrogen) atoms. The predicted octanol–water partition coefficient (Wildman–Crippen LogP) is 4.00. The molecule has 10 heteroatoms. The van der Waals surface area contributed by atoms with Crippen molar-refractivity contribution in [1.29, 1.82) is 0 Å². The van der Waals surface area contributed by atoms with Crippen molar-refractivity contribution in [3.05, 3.63) is 69.5 Å². The first-order chi connectivity index (χ1) is 12.6. The molecule has 4 nitrogen and oxygen atoms in total. The van der Waals surface area contributed by atoms with Crippen LogP contribution in [0, 0.1) is 29.1 Å². The average Bonchev–Trinajstić information content (AvgIpc) is 2.86. The monoisotopic (exact) mass is 404 g/mol. The summed E-state index contributed by atoms with van der Waals surface area (Å²) >= 11 is 5.77. The molecule has 0 aliphatic carbocycles. The number of urea groups is 1. The van der Waals surface area contributed by atoms with Crippen LogP contribution < -0.4 is 5.32 Å². The molecule has 2 aromatic rings. The molecule has 1 saturated heterocycles. The number of hydrogen-bond acceptors (Lipinski definition) is 2. The van der Waals surface area contributed by atoms with Crippen molar-refractivity contribution < 1.29 is 31.5 Å². The Morgan fingerprint density at radius 2 is 1.41 bits per heavy atom. The largest absolute Gasteiger partial charge is 0.325 e. The quantitative estimate of drug-likeness (QED) is 0.364. The first-order valence-corrected chi connectivity index (χ1v) is 7.86. The first kappa shape index (κ1) is 19.1. The molecule has 0 saturated carbocycles. The summed E-state index contributed by atoms with van der Waals surface area (Å²) in [5.74, 6) is -11.8. The van der Waals surface area contributed by atoms with Crippen LogP contribution in [0.3, 0.4) is 0 Å². The van der Waals surface area contributed by atoms with Crippen LogP contribution in [0.1, 0.15) is 18.1 Å². The second-order valence-corrected chi connectivity index (χ2v) is 6.44. The first-order valence-electron chi connectivity index (χ1n) is 7.48. The molecule has 1 aliphatic heterocycles. The van der Waals surface area contributed by atoms with Crippen molar-refractivity contribution >= 4 is 23.5 Å². The summed E-state index contributed by atoms with van der Waals surface area (Å²) in [7, 11) is 0. The molecular formula is C17H10ClF5N2O2. The van der Waals surface area contributed by atoms with Gasteiger partial charge in [0.2, 0.25) is 5.82 Å². The fourth-order valence-corrected chi connectivity index (χ4v) is 2.89. The zero-order chi connectivity index (χ0) is 20.1. The molecule has 0 spiro atoms. The van der Waals surface area contributed by atoms with Crippen LogP contribution in [0.5, 0.6) is 0 Å². The Kier molecular flexibility index (Phi) is 4.59. The number of benzene rings is 2. The molecule has 0 radical (unpaired) electrons. The van der Waals surface area contributed by atoms with E-state index in [4.69, 9.17) is 11.6 Å². The second-order valence-electron chi connectivity index (χ2n) is 6.00. The Labute approximate surface area is 154 Å². The Balaban J connectivity index is 1.99. The van der Waals surface area contributed by atoms with Gasteiger partial charge in [0, 0.05) is 10.6 Å². The maximum Gasteiger partial charge on any atom is 0.325 e. The Hall–Kier alpha value is -2.68. The molecule has 3 amide bonds. The normalized spacial score (nSPS) is 19.6. The Morgan fingerprint density at radius 3 is 1.93 bits per heavy atom. The van der Waals surface area contributed by atoms with Gasteiger partial charge in [-0.3, -0.25) is 9.69 Å². The molecule has 142 valence electrons. The summed E-state index contributed by atoms with van der Waals surface area (Å²) in [6.45, 7) is 0.217. The highest BCUT2D eigenvalue weighted by molar-refractivity contribution is 6.30. The third-order valence-electron chi connectivity index (χ3n) is 4.31. The van der Waals surface area contributed by atoms with E-state index in [9.17, 15) is 31.5 Å². The molecule has 2 aromatic carbocycles. The van der Waals surface area contributed by atoms with E-state index in [-0.39, 0.29) is 0 Å². The van der Waals surface area contributed by atoms with E-state index in [0.29, 0.717) is 15.5 Å². The molecule has 3 rings (SSSR count). The van der Waals surface area contributed by atoms with Crippen LogP contribution in [0.4, 0.5) is 26.7 Å². The van der Waals surface area contributed by atoms with Crippen molar-refractivity contribution in [2.24, 2.45) is 0 Å². The molecule has 0 bridgehead atoms. The second kappa shape index (κ2) is 6.49. The van der Waals surface area contributed by atoms with Gasteiger partial charge in [0.25, 0.3) is 5.91 Å². The van der Waals surface area contributed by atoms with Gasteiger partial charge in [-0.1, -0.05) is 23.7 Å². The minimum Gasteiger partial charge on any atom is -0.319 e. The maximum absolute atomic E-state index is 13.9. The SMILES string of the molecule is CC1(c2ccc(Cl)cc2)NC(=O)N(Cc2c(F)c(F)c(F)c(F)c2F)C1=O. The molecule has 1 N–H and O–H groups in total. The number of rotatable bonds is 3. The summed E-state index contributed by atoms with van der Waals surface area (Å²) < 4.78 is 67.6. The number of halogens is 6. The zero-order valence-corrected chi connectivity index (χ0v) is 14.3. The van der Waals surface area contributed by atoms with E-state index in [1.54, 1.807) is 0 Å². The van der Waals surface area contributed by atoms with Crippen LogP contribution in [-0.4, -0.2) is 16.8 Å². The number of carbonyl (C=O) groups is 2. The Bertz CT molecular complexity index is 938. The summed E-state index contributed by atoms with van der Waals surface area (Å²) in [6, 6.07) is 4.81.